The van der Waals surface area contributed by atoms with Crippen molar-refractivity contribution < 1.29 is 23.8 Å². The molecule has 0 amide bonds. The number of likely N-dealkylation sites (tertiary alicyclic amines) is 1. The summed E-state index contributed by atoms with van der Waals surface area (Å²) in [6.45, 7) is 5.51. The fourth-order valence-corrected chi connectivity index (χ4v) is 4.75. The van der Waals surface area contributed by atoms with E-state index in [-0.39, 0.29) is 24.5 Å². The third kappa shape index (κ3) is 7.62. The number of nitrogens with zero attached hydrogens (tertiary/aromatic N) is 1. The van der Waals surface area contributed by atoms with Crippen molar-refractivity contribution in [2.45, 2.75) is 70.6 Å². The normalized spacial score (nSPS) is 18.1. The number of aryl methyl sites for hydroxylation is 2. The van der Waals surface area contributed by atoms with Crippen LogP contribution in [0, 0.1) is 12.7 Å². The average Bonchev–Trinajstić information content (AvgIpc) is 3.26. The van der Waals surface area contributed by atoms with Gasteiger partial charge in [0.2, 0.25) is 0 Å². The Labute approximate surface area is 202 Å². The lowest BCUT2D eigenvalue weighted by Gasteiger charge is -2.28. The molecule has 2 aromatic rings. The Morgan fingerprint density at radius 3 is 2.82 bits per heavy atom. The standard InChI is InChI=1S/C28H38FNO4/c1-20-13-14-22(17-27(20)29)16-24-10-7-15-30(24)18-25(31)19-34-21(2)26-11-5-4-8-23(26)9-6-12-28(32)33-3/h4-5,8,11,13-14,17,21,24-25,31H,6-7,9-10,12,15-16,18-19H2,1-3H3/t21-,24+,25+/m1/s1. The monoisotopic (exact) mass is 471 g/mol. The highest BCUT2D eigenvalue weighted by atomic mass is 19.1. The molecular formula is C28H38FNO4. The molecule has 1 N–H and O–H groups in total. The summed E-state index contributed by atoms with van der Waals surface area (Å²) in [6, 6.07) is 13.9. The molecule has 1 fully saturated rings. The molecule has 3 rings (SSSR count). The third-order valence-corrected chi connectivity index (χ3v) is 6.74. The van der Waals surface area contributed by atoms with E-state index in [4.69, 9.17) is 9.47 Å². The van der Waals surface area contributed by atoms with Gasteiger partial charge in [0.25, 0.3) is 0 Å². The van der Waals surface area contributed by atoms with Crippen LogP contribution in [0.3, 0.4) is 0 Å². The van der Waals surface area contributed by atoms with E-state index in [1.165, 1.54) is 7.11 Å². The number of β-amino-alcohol motifs (C(OH)–C–C–N with tert-alkyl or cyclic N) is 1. The molecule has 0 unspecified atom stereocenters. The van der Waals surface area contributed by atoms with Crippen LogP contribution in [-0.4, -0.2) is 54.9 Å². The maximum atomic E-state index is 13.9. The zero-order valence-corrected chi connectivity index (χ0v) is 20.6. The largest absolute Gasteiger partial charge is 0.469 e. The van der Waals surface area contributed by atoms with Crippen molar-refractivity contribution in [1.82, 2.24) is 4.90 Å². The van der Waals surface area contributed by atoms with Gasteiger partial charge < -0.3 is 14.6 Å². The van der Waals surface area contributed by atoms with Crippen molar-refractivity contribution >= 4 is 5.97 Å². The van der Waals surface area contributed by atoms with Crippen molar-refractivity contribution in [3.05, 3.63) is 70.5 Å². The summed E-state index contributed by atoms with van der Waals surface area (Å²) in [6.07, 6.45) is 4.07. The number of aliphatic hydroxyl groups excluding tert-OH is 1. The van der Waals surface area contributed by atoms with E-state index in [0.717, 1.165) is 55.3 Å². The average molecular weight is 472 g/mol. The molecule has 186 valence electrons. The molecule has 3 atom stereocenters. The molecule has 0 aliphatic carbocycles. The van der Waals surface area contributed by atoms with Gasteiger partial charge in [-0.05, 0) is 80.8 Å². The first kappa shape index (κ1) is 26.3. The lowest BCUT2D eigenvalue weighted by molar-refractivity contribution is -0.140. The minimum atomic E-state index is -0.593. The van der Waals surface area contributed by atoms with Gasteiger partial charge in [-0.3, -0.25) is 9.69 Å². The highest BCUT2D eigenvalue weighted by Gasteiger charge is 2.27. The van der Waals surface area contributed by atoms with E-state index in [0.29, 0.717) is 24.6 Å². The van der Waals surface area contributed by atoms with E-state index >= 15 is 0 Å². The Morgan fingerprint density at radius 2 is 2.06 bits per heavy atom. The van der Waals surface area contributed by atoms with Crippen LogP contribution in [0.2, 0.25) is 0 Å². The molecule has 5 nitrogen and oxygen atoms in total. The predicted molar refractivity (Wildman–Crippen MR) is 131 cm³/mol. The second-order valence-electron chi connectivity index (χ2n) is 9.34. The molecule has 1 heterocycles. The molecule has 34 heavy (non-hydrogen) atoms. The summed E-state index contributed by atoms with van der Waals surface area (Å²) in [5.74, 6) is -0.354. The van der Waals surface area contributed by atoms with Gasteiger partial charge in [-0.15, -0.1) is 0 Å². The topological polar surface area (TPSA) is 59.0 Å². The first-order chi connectivity index (χ1) is 16.4. The highest BCUT2D eigenvalue weighted by Crippen LogP contribution is 2.25. The number of rotatable bonds is 12. The first-order valence-corrected chi connectivity index (χ1v) is 12.3. The number of hydrogen-bond acceptors (Lipinski definition) is 5. The van der Waals surface area contributed by atoms with Crippen molar-refractivity contribution in [3.63, 3.8) is 0 Å². The van der Waals surface area contributed by atoms with Gasteiger partial charge >= 0.3 is 5.97 Å². The number of carbonyl (C=O) groups is 1. The lowest BCUT2D eigenvalue weighted by atomic mass is 9.98. The van der Waals surface area contributed by atoms with Gasteiger partial charge in [-0.1, -0.05) is 36.4 Å². The van der Waals surface area contributed by atoms with Crippen LogP contribution < -0.4 is 0 Å². The third-order valence-electron chi connectivity index (χ3n) is 6.74. The Kier molecular flexibility index (Phi) is 10.1. The fourth-order valence-electron chi connectivity index (χ4n) is 4.75. The van der Waals surface area contributed by atoms with Crippen molar-refractivity contribution in [3.8, 4) is 0 Å². The Hall–Kier alpha value is -2.28. The minimum absolute atomic E-state index is 0.157. The summed E-state index contributed by atoms with van der Waals surface area (Å²) in [5, 5.41) is 10.7. The smallest absolute Gasteiger partial charge is 0.305 e. The lowest BCUT2D eigenvalue weighted by Crippen LogP contribution is -2.39. The van der Waals surface area contributed by atoms with Crippen LogP contribution in [0.4, 0.5) is 4.39 Å². The molecule has 6 heteroatoms. The zero-order valence-electron chi connectivity index (χ0n) is 20.6. The molecule has 0 radical (unpaired) electrons. The Morgan fingerprint density at radius 1 is 1.26 bits per heavy atom. The first-order valence-electron chi connectivity index (χ1n) is 12.3. The molecule has 1 saturated heterocycles. The molecule has 1 aliphatic heterocycles. The van der Waals surface area contributed by atoms with Crippen molar-refractivity contribution in [2.75, 3.05) is 26.8 Å². The number of ether oxygens (including phenoxy) is 2. The van der Waals surface area contributed by atoms with E-state index in [1.54, 1.807) is 13.0 Å². The van der Waals surface area contributed by atoms with Crippen LogP contribution in [0.5, 0.6) is 0 Å². The van der Waals surface area contributed by atoms with Crippen LogP contribution in [-0.2, 0) is 27.1 Å². The highest BCUT2D eigenvalue weighted by molar-refractivity contribution is 5.69. The Bertz CT molecular complexity index is 934. The quantitative estimate of drug-likeness (QED) is 0.452. The Balaban J connectivity index is 1.49. The molecule has 0 aromatic heterocycles. The second kappa shape index (κ2) is 13.0. The van der Waals surface area contributed by atoms with E-state index in [1.807, 2.05) is 37.3 Å². The van der Waals surface area contributed by atoms with Gasteiger partial charge in [0.15, 0.2) is 0 Å². The van der Waals surface area contributed by atoms with Gasteiger partial charge in [0.05, 0.1) is 25.9 Å². The molecule has 0 bridgehead atoms. The van der Waals surface area contributed by atoms with Crippen LogP contribution in [0.15, 0.2) is 42.5 Å². The fraction of sp³-hybridized carbons (Fsp3) is 0.536. The van der Waals surface area contributed by atoms with Crippen molar-refractivity contribution in [2.24, 2.45) is 0 Å². The van der Waals surface area contributed by atoms with Gasteiger partial charge in [-0.25, -0.2) is 4.39 Å². The van der Waals surface area contributed by atoms with Crippen LogP contribution >= 0.6 is 0 Å². The van der Waals surface area contributed by atoms with E-state index in [9.17, 15) is 14.3 Å². The number of carbonyl (C=O) groups excluding carboxylic acids is 1. The number of halogens is 1. The summed E-state index contributed by atoms with van der Waals surface area (Å²) >= 11 is 0. The molecular weight excluding hydrogens is 433 g/mol. The maximum absolute atomic E-state index is 13.9. The van der Waals surface area contributed by atoms with Gasteiger partial charge in [-0.2, -0.15) is 0 Å². The summed E-state index contributed by atoms with van der Waals surface area (Å²) in [4.78, 5) is 13.7. The van der Waals surface area contributed by atoms with Gasteiger partial charge in [0.1, 0.15) is 5.82 Å². The summed E-state index contributed by atoms with van der Waals surface area (Å²) < 4.78 is 24.7. The number of aliphatic hydroxyl groups is 1. The second-order valence-corrected chi connectivity index (χ2v) is 9.34. The maximum Gasteiger partial charge on any atom is 0.305 e. The number of esters is 1. The van der Waals surface area contributed by atoms with Gasteiger partial charge in [0, 0.05) is 19.0 Å². The number of hydrogen-bond donors (Lipinski definition) is 1. The zero-order chi connectivity index (χ0) is 24.5. The SMILES string of the molecule is COC(=O)CCCc1ccccc1[C@@H](C)OC[C@@H](O)CN1CCC[C@H]1Cc1ccc(C)c(F)c1. The number of methoxy groups -OCH3 is 1. The van der Waals surface area contributed by atoms with Crippen LogP contribution in [0.25, 0.3) is 0 Å². The molecule has 2 aromatic carbocycles. The van der Waals surface area contributed by atoms with E-state index < -0.39 is 6.10 Å². The summed E-state index contributed by atoms with van der Waals surface area (Å²) in [5.41, 5.74) is 3.90. The minimum Gasteiger partial charge on any atom is -0.469 e. The van der Waals surface area contributed by atoms with Crippen LogP contribution in [0.1, 0.15) is 61.0 Å². The van der Waals surface area contributed by atoms with E-state index in [2.05, 4.69) is 11.0 Å². The van der Waals surface area contributed by atoms with Crippen molar-refractivity contribution in [1.29, 1.82) is 0 Å². The molecule has 1 aliphatic rings. The predicted octanol–water partition coefficient (Wildman–Crippen LogP) is 4.78. The molecule has 0 saturated carbocycles. The number of benzene rings is 2. The molecule has 0 spiro atoms. The summed E-state index contributed by atoms with van der Waals surface area (Å²) in [7, 11) is 1.41.